The molecule has 0 radical (unpaired) electrons. The van der Waals surface area contributed by atoms with Crippen LogP contribution >= 0.6 is 0 Å². The Morgan fingerprint density at radius 2 is 2.16 bits per heavy atom. The summed E-state index contributed by atoms with van der Waals surface area (Å²) in [5, 5.41) is 0. The van der Waals surface area contributed by atoms with E-state index in [4.69, 9.17) is 10.5 Å². The van der Waals surface area contributed by atoms with Gasteiger partial charge in [-0.3, -0.25) is 0 Å². The number of hydrogen-bond acceptors (Lipinski definition) is 4. The number of nitrogens with zero attached hydrogens (tertiary/aromatic N) is 1. The van der Waals surface area contributed by atoms with Gasteiger partial charge >= 0.3 is 5.97 Å². The molecular formula is C15H22N2O2. The van der Waals surface area contributed by atoms with Gasteiger partial charge in [-0.15, -0.1) is 0 Å². The van der Waals surface area contributed by atoms with Crippen molar-refractivity contribution in [3.05, 3.63) is 23.8 Å². The first-order valence-electron chi connectivity index (χ1n) is 6.78. The summed E-state index contributed by atoms with van der Waals surface area (Å²) in [6, 6.07) is 6.14. The Kier molecular flexibility index (Phi) is 3.98. The van der Waals surface area contributed by atoms with E-state index in [1.807, 2.05) is 12.1 Å². The number of ether oxygens (including phenoxy) is 1. The summed E-state index contributed by atoms with van der Waals surface area (Å²) in [7, 11) is 1.38. The molecule has 1 aromatic rings. The van der Waals surface area contributed by atoms with E-state index in [9.17, 15) is 4.79 Å². The number of carbonyl (C=O) groups excluding carboxylic acids is 1. The van der Waals surface area contributed by atoms with Crippen LogP contribution in [0.4, 0.5) is 11.4 Å². The molecule has 0 amide bonds. The standard InChI is InChI=1S/C15H22N2O2/c1-10(2)9-17(11-7-8-11)13-6-4-5-12(14(13)16)15(18)19-3/h4-6,10-11H,7-9,16H2,1-3H3. The molecule has 0 atom stereocenters. The van der Waals surface area contributed by atoms with Gasteiger partial charge in [0.05, 0.1) is 24.0 Å². The van der Waals surface area contributed by atoms with Crippen molar-refractivity contribution in [3.63, 3.8) is 0 Å². The summed E-state index contributed by atoms with van der Waals surface area (Å²) >= 11 is 0. The topological polar surface area (TPSA) is 55.6 Å². The van der Waals surface area contributed by atoms with Gasteiger partial charge in [-0.25, -0.2) is 4.79 Å². The Labute approximate surface area is 114 Å². The molecule has 0 saturated heterocycles. The number of nitrogen functional groups attached to an aromatic ring is 1. The second-order valence-corrected chi connectivity index (χ2v) is 5.51. The molecule has 0 heterocycles. The van der Waals surface area contributed by atoms with Gasteiger partial charge in [-0.05, 0) is 30.9 Å². The van der Waals surface area contributed by atoms with Gasteiger partial charge in [0, 0.05) is 12.6 Å². The minimum absolute atomic E-state index is 0.375. The highest BCUT2D eigenvalue weighted by Crippen LogP contribution is 2.36. The van der Waals surface area contributed by atoms with E-state index in [1.165, 1.54) is 20.0 Å². The van der Waals surface area contributed by atoms with E-state index in [2.05, 4.69) is 18.7 Å². The molecule has 104 valence electrons. The van der Waals surface area contributed by atoms with Gasteiger partial charge in [0.25, 0.3) is 0 Å². The third-order valence-electron chi connectivity index (χ3n) is 3.35. The molecule has 19 heavy (non-hydrogen) atoms. The molecule has 4 heteroatoms. The van der Waals surface area contributed by atoms with Crippen LogP contribution in [-0.2, 0) is 4.74 Å². The van der Waals surface area contributed by atoms with Crippen molar-refractivity contribution in [3.8, 4) is 0 Å². The lowest BCUT2D eigenvalue weighted by molar-refractivity contribution is 0.0602. The molecule has 1 aliphatic rings. The highest BCUT2D eigenvalue weighted by molar-refractivity contribution is 5.98. The number of esters is 1. The van der Waals surface area contributed by atoms with Crippen LogP contribution in [0.3, 0.4) is 0 Å². The fraction of sp³-hybridized carbons (Fsp3) is 0.533. The van der Waals surface area contributed by atoms with Crippen molar-refractivity contribution < 1.29 is 9.53 Å². The van der Waals surface area contributed by atoms with Crippen molar-refractivity contribution in [2.75, 3.05) is 24.3 Å². The van der Waals surface area contributed by atoms with E-state index in [1.54, 1.807) is 6.07 Å². The van der Waals surface area contributed by atoms with Gasteiger partial charge < -0.3 is 15.4 Å². The summed E-state index contributed by atoms with van der Waals surface area (Å²) in [4.78, 5) is 14.0. The molecule has 2 rings (SSSR count). The fourth-order valence-electron chi connectivity index (χ4n) is 2.32. The normalized spacial score (nSPS) is 14.5. The Balaban J connectivity index is 2.34. The summed E-state index contributed by atoms with van der Waals surface area (Å²) in [5.41, 5.74) is 8.10. The molecule has 2 N–H and O–H groups in total. The second-order valence-electron chi connectivity index (χ2n) is 5.51. The van der Waals surface area contributed by atoms with Crippen LogP contribution in [0.2, 0.25) is 0 Å². The van der Waals surface area contributed by atoms with Crippen molar-refractivity contribution >= 4 is 17.3 Å². The first-order chi connectivity index (χ1) is 9.04. The van der Waals surface area contributed by atoms with E-state index < -0.39 is 0 Å². The monoisotopic (exact) mass is 262 g/mol. The Morgan fingerprint density at radius 3 is 2.68 bits per heavy atom. The lowest BCUT2D eigenvalue weighted by atomic mass is 10.1. The van der Waals surface area contributed by atoms with Crippen LogP contribution in [-0.4, -0.2) is 25.7 Å². The molecule has 4 nitrogen and oxygen atoms in total. The van der Waals surface area contributed by atoms with Gasteiger partial charge in [-0.1, -0.05) is 19.9 Å². The maximum Gasteiger partial charge on any atom is 0.340 e. The minimum Gasteiger partial charge on any atom is -0.465 e. The van der Waals surface area contributed by atoms with Crippen molar-refractivity contribution in [2.45, 2.75) is 32.7 Å². The number of rotatable bonds is 5. The molecule has 0 aliphatic heterocycles. The Hall–Kier alpha value is -1.71. The molecule has 1 aromatic carbocycles. The highest BCUT2D eigenvalue weighted by Gasteiger charge is 2.31. The third kappa shape index (κ3) is 3.00. The number of para-hydroxylation sites is 1. The quantitative estimate of drug-likeness (QED) is 0.654. The average Bonchev–Trinajstić information content (AvgIpc) is 3.20. The van der Waals surface area contributed by atoms with Crippen LogP contribution in [0.15, 0.2) is 18.2 Å². The van der Waals surface area contributed by atoms with Gasteiger partial charge in [0.15, 0.2) is 0 Å². The summed E-state index contributed by atoms with van der Waals surface area (Å²) in [6.45, 7) is 5.34. The van der Waals surface area contributed by atoms with E-state index >= 15 is 0 Å². The molecular weight excluding hydrogens is 240 g/mol. The number of nitrogens with two attached hydrogens (primary N) is 1. The van der Waals surface area contributed by atoms with Crippen molar-refractivity contribution in [1.82, 2.24) is 0 Å². The average molecular weight is 262 g/mol. The lowest BCUT2D eigenvalue weighted by Crippen LogP contribution is -2.30. The molecule has 0 spiro atoms. The van der Waals surface area contributed by atoms with E-state index in [-0.39, 0.29) is 5.97 Å². The van der Waals surface area contributed by atoms with Crippen LogP contribution in [0, 0.1) is 5.92 Å². The number of methoxy groups -OCH3 is 1. The molecule has 0 bridgehead atoms. The molecule has 1 saturated carbocycles. The Morgan fingerprint density at radius 1 is 1.47 bits per heavy atom. The van der Waals surface area contributed by atoms with E-state index in [0.29, 0.717) is 23.2 Å². The summed E-state index contributed by atoms with van der Waals surface area (Å²) in [5.74, 6) is 0.182. The van der Waals surface area contributed by atoms with E-state index in [0.717, 1.165) is 12.2 Å². The van der Waals surface area contributed by atoms with Gasteiger partial charge in [0.1, 0.15) is 0 Å². The van der Waals surface area contributed by atoms with Crippen LogP contribution in [0.5, 0.6) is 0 Å². The van der Waals surface area contributed by atoms with Crippen LogP contribution in [0.1, 0.15) is 37.0 Å². The van der Waals surface area contributed by atoms with Gasteiger partial charge in [0.2, 0.25) is 0 Å². The van der Waals surface area contributed by atoms with Crippen LogP contribution < -0.4 is 10.6 Å². The third-order valence-corrected chi connectivity index (χ3v) is 3.35. The molecule has 1 fully saturated rings. The molecule has 1 aliphatic carbocycles. The zero-order valence-electron chi connectivity index (χ0n) is 11.8. The number of benzene rings is 1. The van der Waals surface area contributed by atoms with Crippen molar-refractivity contribution in [2.24, 2.45) is 5.92 Å². The number of carbonyl (C=O) groups is 1. The van der Waals surface area contributed by atoms with Gasteiger partial charge in [-0.2, -0.15) is 0 Å². The van der Waals surface area contributed by atoms with Crippen LogP contribution in [0.25, 0.3) is 0 Å². The minimum atomic E-state index is -0.375. The maximum atomic E-state index is 11.7. The maximum absolute atomic E-state index is 11.7. The fourth-order valence-corrected chi connectivity index (χ4v) is 2.32. The first kappa shape index (κ1) is 13.7. The lowest BCUT2D eigenvalue weighted by Gasteiger charge is -2.28. The highest BCUT2D eigenvalue weighted by atomic mass is 16.5. The Bertz CT molecular complexity index is 467. The SMILES string of the molecule is COC(=O)c1cccc(N(CC(C)C)C2CC2)c1N. The largest absolute Gasteiger partial charge is 0.465 e. The van der Waals surface area contributed by atoms with Crippen molar-refractivity contribution in [1.29, 1.82) is 0 Å². The molecule has 0 aromatic heterocycles. The number of anilines is 2. The zero-order valence-corrected chi connectivity index (χ0v) is 11.8. The predicted octanol–water partition coefficient (Wildman–Crippen LogP) is 2.68. The smallest absolute Gasteiger partial charge is 0.340 e. The predicted molar refractivity (Wildman–Crippen MR) is 77.4 cm³/mol. The number of hydrogen-bond donors (Lipinski definition) is 1. The summed E-state index contributed by atoms with van der Waals surface area (Å²) < 4.78 is 4.77. The zero-order chi connectivity index (χ0) is 14.0. The summed E-state index contributed by atoms with van der Waals surface area (Å²) in [6.07, 6.45) is 2.41. The molecule has 0 unspecified atom stereocenters. The second kappa shape index (κ2) is 5.51. The first-order valence-corrected chi connectivity index (χ1v) is 6.78.